The van der Waals surface area contributed by atoms with Crippen LogP contribution in [0.2, 0.25) is 3.17 Å². The number of carboxylic acids is 1. The number of hydrogen-bond donors (Lipinski definition) is 1. The monoisotopic (exact) mass is 194 g/mol. The summed E-state index contributed by atoms with van der Waals surface area (Å²) in [5.74, 6) is -0.711. The van der Waals surface area contributed by atoms with E-state index in [1.165, 1.54) is 50.4 Å². The van der Waals surface area contributed by atoms with Gasteiger partial charge in [-0.3, -0.25) is 4.79 Å². The van der Waals surface area contributed by atoms with Gasteiger partial charge in [-0.25, -0.2) is 0 Å². The fraction of sp³-hybridized carbons (Fsp3) is 0.900. The summed E-state index contributed by atoms with van der Waals surface area (Å²) in [5.41, 5.74) is 0. The number of carboxylic acid groups (broad SMARTS) is 1. The van der Waals surface area contributed by atoms with Crippen LogP contribution in [-0.2, 0) is 4.79 Å². The first kappa shape index (κ1) is 13.5. The molecule has 0 radical (unpaired) electrons. The Labute approximate surface area is 98.5 Å². The fourth-order valence-electron chi connectivity index (χ4n) is 1.52. The first-order valence-electron chi connectivity index (χ1n) is 5.38. The van der Waals surface area contributed by atoms with Crippen LogP contribution in [0.3, 0.4) is 0 Å². The van der Waals surface area contributed by atoms with E-state index >= 15 is 0 Å². The standard InChI is InChI=1S/C6H11.C4H8O2.Na/c1-2-4-6-5-3-1;1-2-3-4(5)6;/h1H,2-6H2;2-3H2,1H3,(H,5,6);. The second-order valence-electron chi connectivity index (χ2n) is 3.89. The fourth-order valence-corrected chi connectivity index (χ4v) is 2.34. The normalized spacial score (nSPS) is 17.5. The minimum atomic E-state index is -0.711. The summed E-state index contributed by atoms with van der Waals surface area (Å²) in [7, 11) is 0. The Kier molecular flexibility index (Phi) is 9.37. The van der Waals surface area contributed by atoms with Crippen molar-refractivity contribution in [2.75, 3.05) is 0 Å². The molecule has 1 saturated carbocycles. The van der Waals surface area contributed by atoms with Gasteiger partial charge in [0.15, 0.2) is 0 Å². The van der Waals surface area contributed by atoms with E-state index in [1.807, 2.05) is 6.92 Å². The van der Waals surface area contributed by atoms with Crippen molar-refractivity contribution in [3.05, 3.63) is 0 Å². The van der Waals surface area contributed by atoms with Gasteiger partial charge in [-0.15, -0.1) is 0 Å². The molecule has 0 bridgehead atoms. The van der Waals surface area contributed by atoms with Gasteiger partial charge in [-0.1, -0.05) is 6.92 Å². The van der Waals surface area contributed by atoms with Gasteiger partial charge in [0.1, 0.15) is 0 Å². The molecule has 0 saturated heterocycles. The van der Waals surface area contributed by atoms with Crippen molar-refractivity contribution in [3.8, 4) is 0 Å². The van der Waals surface area contributed by atoms with Gasteiger partial charge in [-0.05, 0) is 6.42 Å². The Balaban J connectivity index is 0.000000226. The number of aliphatic carboxylic acids is 1. The summed E-state index contributed by atoms with van der Waals surface area (Å²) in [6.45, 7) is 1.84. The number of carbonyl (C=O) groups is 1. The van der Waals surface area contributed by atoms with Crippen LogP contribution in [0.5, 0.6) is 0 Å². The second kappa shape index (κ2) is 9.04. The van der Waals surface area contributed by atoms with Crippen LogP contribution in [0, 0.1) is 0 Å². The van der Waals surface area contributed by atoms with Crippen molar-refractivity contribution in [1.29, 1.82) is 0 Å². The van der Waals surface area contributed by atoms with E-state index < -0.39 is 5.97 Å². The van der Waals surface area contributed by atoms with Gasteiger partial charge in [0.2, 0.25) is 0 Å². The molecule has 0 aromatic heterocycles. The molecule has 2 nitrogen and oxygen atoms in total. The van der Waals surface area contributed by atoms with Crippen LogP contribution in [0.4, 0.5) is 0 Å². The average Bonchev–Trinajstić information content (AvgIpc) is 2.06. The molecule has 0 spiro atoms. The summed E-state index contributed by atoms with van der Waals surface area (Å²) in [6, 6.07) is 0. The molecular formula is C10H19NaO2. The minimum absolute atomic E-state index is 0.292. The Hall–Kier alpha value is 0.470. The van der Waals surface area contributed by atoms with E-state index in [9.17, 15) is 4.79 Å². The van der Waals surface area contributed by atoms with Gasteiger partial charge in [0, 0.05) is 6.42 Å². The van der Waals surface area contributed by atoms with Crippen LogP contribution < -0.4 is 0 Å². The van der Waals surface area contributed by atoms with Crippen LogP contribution in [0.1, 0.15) is 51.9 Å². The van der Waals surface area contributed by atoms with Crippen molar-refractivity contribution in [3.63, 3.8) is 0 Å². The quantitative estimate of drug-likeness (QED) is 0.686. The SMILES string of the molecule is CCCC(=O)O.[Na][CH]1CCCCC1. The predicted octanol–water partition coefficient (Wildman–Crippen LogP) is 2.78. The summed E-state index contributed by atoms with van der Waals surface area (Å²) in [6.07, 6.45) is 8.68. The first-order chi connectivity index (χ1) is 6.16. The van der Waals surface area contributed by atoms with Crippen molar-refractivity contribution in [1.82, 2.24) is 0 Å². The topological polar surface area (TPSA) is 37.3 Å². The van der Waals surface area contributed by atoms with Crippen LogP contribution in [0.25, 0.3) is 0 Å². The van der Waals surface area contributed by atoms with E-state index in [0.29, 0.717) is 6.42 Å². The maximum absolute atomic E-state index is 9.60. The third kappa shape index (κ3) is 10.4. The van der Waals surface area contributed by atoms with Gasteiger partial charge >= 0.3 is 69.2 Å². The molecule has 0 aromatic rings. The molecule has 72 valence electrons. The molecule has 1 rings (SSSR count). The van der Waals surface area contributed by atoms with E-state index in [1.54, 1.807) is 12.8 Å². The molecule has 0 heterocycles. The van der Waals surface area contributed by atoms with Gasteiger partial charge in [-0.2, -0.15) is 0 Å². The van der Waals surface area contributed by atoms with Gasteiger partial charge in [0.05, 0.1) is 0 Å². The van der Waals surface area contributed by atoms with Crippen LogP contribution in [-0.4, -0.2) is 39.0 Å². The predicted molar refractivity (Wildman–Crippen MR) is 55.1 cm³/mol. The van der Waals surface area contributed by atoms with E-state index in [0.717, 1.165) is 6.42 Å². The summed E-state index contributed by atoms with van der Waals surface area (Å²) in [4.78, 5) is 9.60. The molecular weight excluding hydrogens is 175 g/mol. The van der Waals surface area contributed by atoms with Crippen molar-refractivity contribution < 1.29 is 9.90 Å². The molecule has 0 aliphatic heterocycles. The third-order valence-corrected chi connectivity index (χ3v) is 3.51. The zero-order valence-corrected chi connectivity index (χ0v) is 10.9. The molecule has 0 atom stereocenters. The molecule has 1 aliphatic rings. The van der Waals surface area contributed by atoms with E-state index in [-0.39, 0.29) is 0 Å². The Morgan fingerprint density at radius 3 is 2.08 bits per heavy atom. The molecule has 0 unspecified atom stereocenters. The molecule has 0 amide bonds. The van der Waals surface area contributed by atoms with Crippen molar-refractivity contribution in [2.45, 2.75) is 55.0 Å². The molecule has 1 N–H and O–H groups in total. The Morgan fingerprint density at radius 1 is 1.38 bits per heavy atom. The van der Waals surface area contributed by atoms with Crippen LogP contribution >= 0.6 is 0 Å². The molecule has 1 aliphatic carbocycles. The third-order valence-electron chi connectivity index (χ3n) is 2.36. The van der Waals surface area contributed by atoms with Crippen molar-refractivity contribution >= 4 is 33.9 Å². The summed E-state index contributed by atoms with van der Waals surface area (Å²) < 4.78 is 1.17. The number of rotatable bonds is 2. The van der Waals surface area contributed by atoms with Crippen molar-refractivity contribution in [2.24, 2.45) is 0 Å². The molecule has 1 fully saturated rings. The first-order valence-corrected chi connectivity index (χ1v) is 6.54. The summed E-state index contributed by atoms with van der Waals surface area (Å²) in [5, 5.41) is 7.91. The maximum atomic E-state index is 9.60. The molecule has 3 heteroatoms. The number of hydrogen-bond acceptors (Lipinski definition) is 1. The Morgan fingerprint density at radius 2 is 1.92 bits per heavy atom. The second-order valence-corrected chi connectivity index (χ2v) is 5.52. The molecule has 0 aromatic carbocycles. The zero-order chi connectivity index (χ0) is 10.1. The van der Waals surface area contributed by atoms with E-state index in [2.05, 4.69) is 0 Å². The zero-order valence-electron chi connectivity index (χ0n) is 8.88. The average molecular weight is 194 g/mol. The molecule has 13 heavy (non-hydrogen) atoms. The van der Waals surface area contributed by atoms with Gasteiger partial charge < -0.3 is 5.11 Å². The summed E-state index contributed by atoms with van der Waals surface area (Å²) >= 11 is 1.45. The van der Waals surface area contributed by atoms with Gasteiger partial charge in [0.25, 0.3) is 0 Å². The van der Waals surface area contributed by atoms with E-state index in [4.69, 9.17) is 5.11 Å². The Bertz CT molecular complexity index is 131. The van der Waals surface area contributed by atoms with Crippen LogP contribution in [0.15, 0.2) is 0 Å².